The second kappa shape index (κ2) is 8.48. The molecule has 0 atom stereocenters. The first-order chi connectivity index (χ1) is 12.9. The third-order valence-electron chi connectivity index (χ3n) is 3.61. The zero-order valence-electron chi connectivity index (χ0n) is 14.3. The summed E-state index contributed by atoms with van der Waals surface area (Å²) in [6.45, 7) is 5.94. The second-order valence-electron chi connectivity index (χ2n) is 5.61. The van der Waals surface area contributed by atoms with Crippen LogP contribution < -0.4 is 10.9 Å². The third-order valence-corrected chi connectivity index (χ3v) is 6.16. The molecule has 140 valence electrons. The Morgan fingerprint density at radius 2 is 2.11 bits per heavy atom. The molecule has 0 fully saturated rings. The Morgan fingerprint density at radius 3 is 2.78 bits per heavy atom. The van der Waals surface area contributed by atoms with Crippen LogP contribution in [0.1, 0.15) is 4.88 Å². The van der Waals surface area contributed by atoms with Gasteiger partial charge in [0.25, 0.3) is 5.56 Å². The predicted molar refractivity (Wildman–Crippen MR) is 115 cm³/mol. The van der Waals surface area contributed by atoms with Crippen LogP contribution >= 0.6 is 46.3 Å². The average molecular weight is 440 g/mol. The van der Waals surface area contributed by atoms with Gasteiger partial charge in [0.15, 0.2) is 5.16 Å². The van der Waals surface area contributed by atoms with Gasteiger partial charge in [0.1, 0.15) is 4.83 Å². The lowest BCUT2D eigenvalue weighted by molar-refractivity contribution is -0.113. The standard InChI is InChI=1S/C18H15Cl2N3O2S2/c1-3-7-23-17(25)11-8-10(2)27-16(11)22-18(23)26-9-14(24)21-15-12(19)5-4-6-13(15)20/h3-6,8H,1,7,9H2,2H3,(H,21,24). The normalized spacial score (nSPS) is 10.9. The van der Waals surface area contributed by atoms with Crippen molar-refractivity contribution in [3.05, 3.63) is 62.2 Å². The van der Waals surface area contributed by atoms with Crippen molar-refractivity contribution in [1.29, 1.82) is 0 Å². The summed E-state index contributed by atoms with van der Waals surface area (Å²) in [5, 5.41) is 4.47. The van der Waals surface area contributed by atoms with E-state index in [0.29, 0.717) is 37.7 Å². The Labute approximate surface area is 174 Å². The molecule has 3 aromatic rings. The van der Waals surface area contributed by atoms with Crippen LogP contribution in [-0.4, -0.2) is 21.2 Å². The van der Waals surface area contributed by atoms with E-state index in [-0.39, 0.29) is 17.2 Å². The van der Waals surface area contributed by atoms with Crippen molar-refractivity contribution in [3.63, 3.8) is 0 Å². The Kier molecular flexibility index (Phi) is 6.26. The highest BCUT2D eigenvalue weighted by Crippen LogP contribution is 2.30. The number of carbonyl (C=O) groups is 1. The molecule has 0 aliphatic rings. The molecule has 1 N–H and O–H groups in total. The number of thiophene rings is 1. The average Bonchev–Trinajstić information content (AvgIpc) is 3.00. The number of hydrogen-bond acceptors (Lipinski definition) is 5. The van der Waals surface area contributed by atoms with Crippen LogP contribution in [0.15, 0.2) is 46.9 Å². The molecule has 0 saturated carbocycles. The van der Waals surface area contributed by atoms with E-state index in [4.69, 9.17) is 23.2 Å². The van der Waals surface area contributed by atoms with E-state index in [2.05, 4.69) is 16.9 Å². The van der Waals surface area contributed by atoms with Gasteiger partial charge in [0, 0.05) is 11.4 Å². The summed E-state index contributed by atoms with van der Waals surface area (Å²) in [4.78, 5) is 31.3. The molecule has 2 aromatic heterocycles. The SMILES string of the molecule is C=CCn1c(SCC(=O)Nc2c(Cl)cccc2Cl)nc2sc(C)cc2c1=O. The van der Waals surface area contributed by atoms with E-state index in [1.807, 2.05) is 13.0 Å². The molecule has 2 heterocycles. The Morgan fingerprint density at radius 1 is 1.41 bits per heavy atom. The molecule has 0 bridgehead atoms. The van der Waals surface area contributed by atoms with Gasteiger partial charge in [-0.2, -0.15) is 0 Å². The van der Waals surface area contributed by atoms with Crippen molar-refractivity contribution in [2.45, 2.75) is 18.6 Å². The number of aromatic nitrogens is 2. The number of para-hydroxylation sites is 1. The van der Waals surface area contributed by atoms with E-state index in [1.54, 1.807) is 24.3 Å². The molecular weight excluding hydrogens is 425 g/mol. The first kappa shape index (κ1) is 19.9. The number of nitrogens with zero attached hydrogens (tertiary/aromatic N) is 2. The molecule has 0 aliphatic carbocycles. The van der Waals surface area contributed by atoms with E-state index < -0.39 is 0 Å². The highest BCUT2D eigenvalue weighted by Gasteiger charge is 2.15. The van der Waals surface area contributed by atoms with Crippen molar-refractivity contribution in [2.24, 2.45) is 0 Å². The minimum atomic E-state index is -0.295. The van der Waals surface area contributed by atoms with Gasteiger partial charge in [0.2, 0.25) is 5.91 Å². The first-order valence-electron chi connectivity index (χ1n) is 7.89. The van der Waals surface area contributed by atoms with Crippen LogP contribution in [-0.2, 0) is 11.3 Å². The maximum atomic E-state index is 12.7. The number of benzene rings is 1. The number of anilines is 1. The third kappa shape index (κ3) is 4.38. The van der Waals surface area contributed by atoms with E-state index in [9.17, 15) is 9.59 Å². The number of hydrogen-bond donors (Lipinski definition) is 1. The Hall–Kier alpha value is -1.80. The minimum absolute atomic E-state index is 0.0565. The van der Waals surface area contributed by atoms with E-state index >= 15 is 0 Å². The smallest absolute Gasteiger partial charge is 0.263 e. The summed E-state index contributed by atoms with van der Waals surface area (Å²) < 4.78 is 1.52. The molecule has 9 heteroatoms. The van der Waals surface area contributed by atoms with Gasteiger partial charge in [-0.05, 0) is 25.1 Å². The first-order valence-corrected chi connectivity index (χ1v) is 10.4. The van der Waals surface area contributed by atoms with Crippen LogP contribution in [0.3, 0.4) is 0 Å². The fourth-order valence-corrected chi connectivity index (χ4v) is 4.66. The minimum Gasteiger partial charge on any atom is -0.323 e. The molecule has 3 rings (SSSR count). The van der Waals surface area contributed by atoms with Crippen molar-refractivity contribution in [2.75, 3.05) is 11.1 Å². The zero-order valence-corrected chi connectivity index (χ0v) is 17.4. The van der Waals surface area contributed by atoms with Crippen molar-refractivity contribution in [1.82, 2.24) is 9.55 Å². The van der Waals surface area contributed by atoms with Crippen LogP contribution in [0.25, 0.3) is 10.2 Å². The number of fused-ring (bicyclic) bond motifs is 1. The molecule has 0 aliphatic heterocycles. The largest absolute Gasteiger partial charge is 0.323 e. The topological polar surface area (TPSA) is 64.0 Å². The molecule has 27 heavy (non-hydrogen) atoms. The molecule has 0 unspecified atom stereocenters. The maximum Gasteiger partial charge on any atom is 0.263 e. The zero-order chi connectivity index (χ0) is 19.6. The summed E-state index contributed by atoms with van der Waals surface area (Å²) in [5.74, 6) is -0.238. The van der Waals surface area contributed by atoms with Crippen molar-refractivity contribution >= 4 is 68.1 Å². The van der Waals surface area contributed by atoms with Gasteiger partial charge in [-0.3, -0.25) is 14.2 Å². The predicted octanol–water partition coefficient (Wildman–Crippen LogP) is 4.99. The van der Waals surface area contributed by atoms with E-state index in [1.165, 1.54) is 27.7 Å². The fourth-order valence-electron chi connectivity index (χ4n) is 2.44. The quantitative estimate of drug-likeness (QED) is 0.333. The molecule has 0 spiro atoms. The monoisotopic (exact) mass is 439 g/mol. The van der Waals surface area contributed by atoms with Gasteiger partial charge in [-0.15, -0.1) is 17.9 Å². The van der Waals surface area contributed by atoms with Gasteiger partial charge in [0.05, 0.1) is 26.9 Å². The highest BCUT2D eigenvalue weighted by atomic mass is 35.5. The van der Waals surface area contributed by atoms with Gasteiger partial charge >= 0.3 is 0 Å². The van der Waals surface area contributed by atoms with E-state index in [0.717, 1.165) is 4.88 Å². The number of thioether (sulfide) groups is 1. The van der Waals surface area contributed by atoms with Crippen LogP contribution in [0.5, 0.6) is 0 Å². The fraction of sp³-hybridized carbons (Fsp3) is 0.167. The highest BCUT2D eigenvalue weighted by molar-refractivity contribution is 7.99. The number of nitrogens with one attached hydrogen (secondary N) is 1. The molecule has 0 radical (unpaired) electrons. The lowest BCUT2D eigenvalue weighted by atomic mass is 10.3. The number of rotatable bonds is 6. The number of carbonyl (C=O) groups excluding carboxylic acids is 1. The molecule has 1 amide bonds. The number of amides is 1. The summed E-state index contributed by atoms with van der Waals surface area (Å²) in [6, 6.07) is 6.82. The van der Waals surface area contributed by atoms with Crippen molar-refractivity contribution < 1.29 is 4.79 Å². The van der Waals surface area contributed by atoms with Crippen LogP contribution in [0, 0.1) is 6.92 Å². The summed E-state index contributed by atoms with van der Waals surface area (Å²) >= 11 is 14.8. The number of aryl methyl sites for hydroxylation is 1. The van der Waals surface area contributed by atoms with Gasteiger partial charge < -0.3 is 5.32 Å². The van der Waals surface area contributed by atoms with Crippen LogP contribution in [0.4, 0.5) is 5.69 Å². The van der Waals surface area contributed by atoms with Crippen molar-refractivity contribution in [3.8, 4) is 0 Å². The lowest BCUT2D eigenvalue weighted by Gasteiger charge is -2.11. The maximum absolute atomic E-state index is 12.7. The second-order valence-corrected chi connectivity index (χ2v) is 8.60. The molecule has 5 nitrogen and oxygen atoms in total. The van der Waals surface area contributed by atoms with Gasteiger partial charge in [-0.1, -0.05) is 47.1 Å². The number of halogens is 2. The number of allylic oxidation sites excluding steroid dienone is 1. The summed E-state index contributed by atoms with van der Waals surface area (Å²) in [5.41, 5.74) is 0.230. The molecule has 0 saturated heterocycles. The Bertz CT molecular complexity index is 1070. The Balaban J connectivity index is 1.83. The molecular formula is C18H15Cl2N3O2S2. The van der Waals surface area contributed by atoms with Crippen LogP contribution in [0.2, 0.25) is 10.0 Å². The lowest BCUT2D eigenvalue weighted by Crippen LogP contribution is -2.23. The summed E-state index contributed by atoms with van der Waals surface area (Å²) in [6.07, 6.45) is 1.63. The molecule has 1 aromatic carbocycles. The summed E-state index contributed by atoms with van der Waals surface area (Å²) in [7, 11) is 0. The van der Waals surface area contributed by atoms with Gasteiger partial charge in [-0.25, -0.2) is 4.98 Å².